The van der Waals surface area contributed by atoms with E-state index in [2.05, 4.69) is 25.2 Å². The number of carbonyl (C=O) groups excluding carboxylic acids is 1. The third-order valence-electron chi connectivity index (χ3n) is 5.69. The number of piperidine rings is 1. The Labute approximate surface area is 161 Å². The fourth-order valence-corrected chi connectivity index (χ4v) is 5.96. The van der Waals surface area contributed by atoms with Crippen LogP contribution in [0.15, 0.2) is 29.2 Å². The molecule has 0 radical (unpaired) electrons. The first-order valence-electron chi connectivity index (χ1n) is 9.60. The number of benzene rings is 1. The molecular weight excluding hydrogens is 362 g/mol. The maximum atomic E-state index is 12.9. The summed E-state index contributed by atoms with van der Waals surface area (Å²) in [5.74, 6) is 0.392. The maximum Gasteiger partial charge on any atom is 0.244 e. The summed E-state index contributed by atoms with van der Waals surface area (Å²) < 4.78 is 27.4. The third-order valence-corrected chi connectivity index (χ3v) is 7.54. The van der Waals surface area contributed by atoms with Gasteiger partial charge in [0.1, 0.15) is 5.41 Å². The molecule has 1 aliphatic heterocycles. The van der Waals surface area contributed by atoms with Crippen molar-refractivity contribution in [3.8, 4) is 6.07 Å². The van der Waals surface area contributed by atoms with Gasteiger partial charge in [0.25, 0.3) is 0 Å². The number of nitrogens with one attached hydrogen (secondary N) is 1. The van der Waals surface area contributed by atoms with Gasteiger partial charge >= 0.3 is 0 Å². The number of amides is 1. The topological polar surface area (TPSA) is 90.3 Å². The van der Waals surface area contributed by atoms with E-state index in [1.165, 1.54) is 12.1 Å². The van der Waals surface area contributed by atoms with Crippen molar-refractivity contribution < 1.29 is 13.2 Å². The molecule has 7 heteroatoms. The number of hydrogen-bond donors (Lipinski definition) is 1. The normalized spacial score (nSPS) is 25.7. The molecule has 1 aliphatic carbocycles. The van der Waals surface area contributed by atoms with Crippen LogP contribution in [-0.2, 0) is 14.8 Å². The van der Waals surface area contributed by atoms with Crippen molar-refractivity contribution in [1.29, 1.82) is 5.26 Å². The highest BCUT2D eigenvalue weighted by Crippen LogP contribution is 2.38. The van der Waals surface area contributed by atoms with E-state index < -0.39 is 15.4 Å². The smallest absolute Gasteiger partial charge is 0.244 e. The van der Waals surface area contributed by atoms with Crippen molar-refractivity contribution >= 4 is 21.6 Å². The van der Waals surface area contributed by atoms with Gasteiger partial charge in [0.15, 0.2) is 0 Å². The Morgan fingerprint density at radius 3 is 2.22 bits per heavy atom. The zero-order valence-corrected chi connectivity index (χ0v) is 16.8. The quantitative estimate of drug-likeness (QED) is 0.855. The van der Waals surface area contributed by atoms with Crippen molar-refractivity contribution in [1.82, 2.24) is 4.31 Å². The second-order valence-corrected chi connectivity index (χ2v) is 10.1. The highest BCUT2D eigenvalue weighted by molar-refractivity contribution is 7.89. The predicted molar refractivity (Wildman–Crippen MR) is 103 cm³/mol. The Morgan fingerprint density at radius 2 is 1.70 bits per heavy atom. The molecule has 1 heterocycles. The van der Waals surface area contributed by atoms with Crippen molar-refractivity contribution in [3.63, 3.8) is 0 Å². The molecule has 0 aromatic heterocycles. The molecular formula is C20H27N3O3S. The molecule has 1 N–H and O–H groups in total. The maximum absolute atomic E-state index is 12.9. The van der Waals surface area contributed by atoms with E-state index >= 15 is 0 Å². The zero-order chi connectivity index (χ0) is 19.7. The van der Waals surface area contributed by atoms with Crippen LogP contribution in [-0.4, -0.2) is 31.7 Å². The van der Waals surface area contributed by atoms with E-state index in [1.54, 1.807) is 16.4 Å². The monoisotopic (exact) mass is 389 g/mol. The van der Waals surface area contributed by atoms with E-state index in [1.807, 2.05) is 0 Å². The lowest BCUT2D eigenvalue weighted by Crippen LogP contribution is -2.42. The first-order chi connectivity index (χ1) is 12.8. The van der Waals surface area contributed by atoms with Gasteiger partial charge in [-0.25, -0.2) is 8.42 Å². The van der Waals surface area contributed by atoms with Crippen LogP contribution in [0.4, 0.5) is 5.69 Å². The highest BCUT2D eigenvalue weighted by Gasteiger charge is 2.41. The van der Waals surface area contributed by atoms with Gasteiger partial charge in [-0.2, -0.15) is 9.57 Å². The Hall–Kier alpha value is -1.91. The molecule has 1 amide bonds. The van der Waals surface area contributed by atoms with Gasteiger partial charge in [-0.3, -0.25) is 4.79 Å². The van der Waals surface area contributed by atoms with Crippen molar-refractivity contribution in [2.75, 3.05) is 18.4 Å². The second-order valence-electron chi connectivity index (χ2n) is 8.15. The molecule has 2 aliphatic rings. The number of rotatable bonds is 4. The average molecular weight is 390 g/mol. The Kier molecular flexibility index (Phi) is 5.59. The fourth-order valence-electron chi connectivity index (χ4n) is 4.28. The Morgan fingerprint density at radius 1 is 1.15 bits per heavy atom. The molecule has 1 aromatic carbocycles. The first kappa shape index (κ1) is 19.8. The second kappa shape index (κ2) is 7.61. The number of hydrogen-bond acceptors (Lipinski definition) is 4. The molecule has 2 fully saturated rings. The minimum atomic E-state index is -3.54. The molecule has 2 unspecified atom stereocenters. The van der Waals surface area contributed by atoms with Gasteiger partial charge in [0.2, 0.25) is 15.9 Å². The summed E-state index contributed by atoms with van der Waals surface area (Å²) in [6, 6.07) is 8.43. The largest absolute Gasteiger partial charge is 0.325 e. The van der Waals surface area contributed by atoms with Gasteiger partial charge in [0.05, 0.1) is 11.0 Å². The molecule has 1 aromatic rings. The average Bonchev–Trinajstić information content (AvgIpc) is 3.12. The molecule has 1 saturated carbocycles. The van der Waals surface area contributed by atoms with E-state index in [0.717, 1.165) is 19.3 Å². The van der Waals surface area contributed by atoms with Crippen LogP contribution in [0.25, 0.3) is 0 Å². The van der Waals surface area contributed by atoms with Crippen molar-refractivity contribution in [2.45, 2.75) is 50.8 Å². The summed E-state index contributed by atoms with van der Waals surface area (Å²) in [4.78, 5) is 12.7. The number of carbonyl (C=O) groups is 1. The van der Waals surface area contributed by atoms with Crippen molar-refractivity contribution in [3.05, 3.63) is 24.3 Å². The van der Waals surface area contributed by atoms with E-state index in [0.29, 0.717) is 43.5 Å². The van der Waals surface area contributed by atoms with Crippen LogP contribution in [0.3, 0.4) is 0 Å². The van der Waals surface area contributed by atoms with Crippen molar-refractivity contribution in [2.24, 2.45) is 17.3 Å². The molecule has 0 spiro atoms. The lowest BCUT2D eigenvalue weighted by Gasteiger charge is -2.34. The molecule has 6 nitrogen and oxygen atoms in total. The van der Waals surface area contributed by atoms with Crippen LogP contribution in [0, 0.1) is 28.6 Å². The number of sulfonamides is 1. The van der Waals surface area contributed by atoms with Gasteiger partial charge in [-0.05, 0) is 55.4 Å². The molecule has 3 rings (SSSR count). The van der Waals surface area contributed by atoms with Crippen LogP contribution in [0.2, 0.25) is 0 Å². The molecule has 0 bridgehead atoms. The lowest BCUT2D eigenvalue weighted by atomic mass is 9.87. The molecule has 146 valence electrons. The number of nitrogens with zero attached hydrogens (tertiary/aromatic N) is 2. The standard InChI is InChI=1S/C20H27N3O3S/c1-15-11-16(2)13-23(12-15)27(25,26)18-7-5-17(6-8-18)22-19(24)20(14-21)9-3-4-10-20/h5-8,15-16H,3-4,9-13H2,1-2H3,(H,22,24). The summed E-state index contributed by atoms with van der Waals surface area (Å²) in [5, 5.41) is 12.2. The van der Waals surface area contributed by atoms with E-state index in [-0.39, 0.29) is 10.8 Å². The van der Waals surface area contributed by atoms with Gasteiger partial charge in [0, 0.05) is 18.8 Å². The third kappa shape index (κ3) is 4.02. The zero-order valence-electron chi connectivity index (χ0n) is 15.9. The summed E-state index contributed by atoms with van der Waals surface area (Å²) in [6.07, 6.45) is 3.95. The summed E-state index contributed by atoms with van der Waals surface area (Å²) in [7, 11) is -3.54. The summed E-state index contributed by atoms with van der Waals surface area (Å²) in [5.41, 5.74) is -0.439. The van der Waals surface area contributed by atoms with Crippen LogP contribution < -0.4 is 5.32 Å². The SMILES string of the molecule is CC1CC(C)CN(S(=O)(=O)c2ccc(NC(=O)C3(C#N)CCCC3)cc2)C1. The molecule has 2 atom stereocenters. The van der Waals surface area contributed by atoms with Crippen LogP contribution >= 0.6 is 0 Å². The van der Waals surface area contributed by atoms with Gasteiger partial charge in [-0.15, -0.1) is 0 Å². The van der Waals surface area contributed by atoms with Crippen LogP contribution in [0.5, 0.6) is 0 Å². The number of nitriles is 1. The molecule has 1 saturated heterocycles. The van der Waals surface area contributed by atoms with Crippen LogP contribution in [0.1, 0.15) is 46.0 Å². The summed E-state index contributed by atoms with van der Waals surface area (Å²) in [6.45, 7) is 5.22. The van der Waals surface area contributed by atoms with Gasteiger partial charge in [-0.1, -0.05) is 26.7 Å². The minimum Gasteiger partial charge on any atom is -0.325 e. The Bertz CT molecular complexity index is 826. The number of anilines is 1. The lowest BCUT2D eigenvalue weighted by molar-refractivity contribution is -0.122. The summed E-state index contributed by atoms with van der Waals surface area (Å²) >= 11 is 0. The fraction of sp³-hybridized carbons (Fsp3) is 0.600. The van der Waals surface area contributed by atoms with Gasteiger partial charge < -0.3 is 5.32 Å². The predicted octanol–water partition coefficient (Wildman–Crippen LogP) is 3.38. The van der Waals surface area contributed by atoms with E-state index in [9.17, 15) is 18.5 Å². The van der Waals surface area contributed by atoms with E-state index in [4.69, 9.17) is 0 Å². The molecule has 27 heavy (non-hydrogen) atoms. The highest BCUT2D eigenvalue weighted by atomic mass is 32.2. The first-order valence-corrected chi connectivity index (χ1v) is 11.0. The minimum absolute atomic E-state index is 0.234. The Balaban J connectivity index is 1.73.